The number of rotatable bonds is 4. The van der Waals surface area contributed by atoms with E-state index in [1.54, 1.807) is 74.3 Å². The number of aryl methyl sites for hydroxylation is 2. The lowest BCUT2D eigenvalue weighted by Gasteiger charge is -2.13. The average molecular weight is 496 g/mol. The van der Waals surface area contributed by atoms with E-state index in [1.807, 2.05) is 0 Å². The second-order valence-corrected chi connectivity index (χ2v) is 9.10. The summed E-state index contributed by atoms with van der Waals surface area (Å²) < 4.78 is 13.8. The number of benzene rings is 2. The molecule has 0 atom stereocenters. The van der Waals surface area contributed by atoms with E-state index in [2.05, 4.69) is 5.10 Å². The van der Waals surface area contributed by atoms with Crippen molar-refractivity contribution in [2.45, 2.75) is 16.7 Å². The molecule has 5 aromatic rings. The topological polar surface area (TPSA) is 99.5 Å². The van der Waals surface area contributed by atoms with Gasteiger partial charge in [-0.25, -0.2) is 4.79 Å². The first-order valence-electron chi connectivity index (χ1n) is 10.2. The molecule has 10 heteroatoms. The third-order valence-corrected chi connectivity index (χ3v) is 6.74. The summed E-state index contributed by atoms with van der Waals surface area (Å²) in [6.07, 6.45) is 0. The smallest absolute Gasteiger partial charge is 0.354 e. The van der Waals surface area contributed by atoms with Crippen molar-refractivity contribution in [2.75, 3.05) is 7.11 Å². The molecule has 1 N–H and O–H groups in total. The van der Waals surface area contributed by atoms with Gasteiger partial charge in [0.15, 0.2) is 11.3 Å². The normalized spacial score (nSPS) is 11.4. The highest BCUT2D eigenvalue weighted by Crippen LogP contribution is 2.38. The molecule has 3 heterocycles. The third kappa shape index (κ3) is 3.44. The number of hydrogen-bond donors (Lipinski definition) is 1. The van der Waals surface area contributed by atoms with Crippen molar-refractivity contribution in [3.05, 3.63) is 80.0 Å². The zero-order valence-corrected chi connectivity index (χ0v) is 19.9. The highest BCUT2D eigenvalue weighted by molar-refractivity contribution is 7.99. The largest absolute Gasteiger partial charge is 0.505 e. The molecule has 0 fully saturated rings. The zero-order valence-electron chi connectivity index (χ0n) is 18.3. The van der Waals surface area contributed by atoms with E-state index in [-0.39, 0.29) is 15.9 Å². The molecule has 8 nitrogen and oxygen atoms in total. The Hall–Kier alpha value is -3.69. The molecule has 0 aliphatic rings. The molecule has 0 bridgehead atoms. The van der Waals surface area contributed by atoms with E-state index in [1.165, 1.54) is 4.57 Å². The molecule has 0 aliphatic carbocycles. The molecule has 172 valence electrons. The zero-order chi connectivity index (χ0) is 24.1. The number of ether oxygens (including phenoxy) is 1. The van der Waals surface area contributed by atoms with Crippen LogP contribution in [0.25, 0.3) is 27.7 Å². The Labute approximate surface area is 202 Å². The SMILES string of the molecule is COc1ccc(-n2c(=O)c3c(O)c(Sc4cccc(Cl)c4)c(=O)oc3c3c(C)nn(C)c32)cc1. The lowest BCUT2D eigenvalue weighted by Crippen LogP contribution is -2.22. The molecule has 0 radical (unpaired) electrons. The van der Waals surface area contributed by atoms with Crippen LogP contribution in [-0.2, 0) is 7.05 Å². The Morgan fingerprint density at radius 3 is 2.53 bits per heavy atom. The molecule has 0 aliphatic heterocycles. The van der Waals surface area contributed by atoms with Crippen LogP contribution in [0.2, 0.25) is 5.02 Å². The van der Waals surface area contributed by atoms with E-state index < -0.39 is 16.9 Å². The van der Waals surface area contributed by atoms with Gasteiger partial charge in [0.25, 0.3) is 5.56 Å². The quantitative estimate of drug-likeness (QED) is 0.387. The fraction of sp³-hybridized carbons (Fsp3) is 0.125. The predicted octanol–water partition coefficient (Wildman–Crippen LogP) is 4.66. The molecule has 5 rings (SSSR count). The van der Waals surface area contributed by atoms with Gasteiger partial charge in [-0.15, -0.1) is 0 Å². The lowest BCUT2D eigenvalue weighted by molar-refractivity contribution is 0.414. The molecule has 0 amide bonds. The van der Waals surface area contributed by atoms with Crippen LogP contribution < -0.4 is 15.9 Å². The second kappa shape index (κ2) is 8.27. The van der Waals surface area contributed by atoms with Crippen LogP contribution in [0.15, 0.2) is 72.3 Å². The van der Waals surface area contributed by atoms with Crippen LogP contribution in [0, 0.1) is 6.92 Å². The van der Waals surface area contributed by atoms with Crippen molar-refractivity contribution in [1.29, 1.82) is 0 Å². The molecule has 0 unspecified atom stereocenters. The van der Waals surface area contributed by atoms with Gasteiger partial charge in [-0.3, -0.25) is 14.0 Å². The minimum absolute atomic E-state index is 0.00620. The fourth-order valence-electron chi connectivity index (χ4n) is 3.97. The Morgan fingerprint density at radius 1 is 1.12 bits per heavy atom. The van der Waals surface area contributed by atoms with E-state index in [0.29, 0.717) is 38.1 Å². The fourth-order valence-corrected chi connectivity index (χ4v) is 5.11. The molecular weight excluding hydrogens is 478 g/mol. The van der Waals surface area contributed by atoms with Gasteiger partial charge in [0.05, 0.1) is 23.9 Å². The van der Waals surface area contributed by atoms with Crippen molar-refractivity contribution < 1.29 is 14.3 Å². The molecule has 0 saturated carbocycles. The molecule has 0 saturated heterocycles. The first kappa shape index (κ1) is 22.1. The van der Waals surface area contributed by atoms with E-state index in [9.17, 15) is 14.7 Å². The second-order valence-electron chi connectivity index (χ2n) is 7.58. The van der Waals surface area contributed by atoms with Gasteiger partial charge in [-0.1, -0.05) is 29.4 Å². The first-order chi connectivity index (χ1) is 16.3. The highest BCUT2D eigenvalue weighted by atomic mass is 35.5. The minimum Gasteiger partial charge on any atom is -0.505 e. The minimum atomic E-state index is -0.763. The number of hydrogen-bond acceptors (Lipinski definition) is 7. The summed E-state index contributed by atoms with van der Waals surface area (Å²) >= 11 is 7.03. The van der Waals surface area contributed by atoms with Crippen molar-refractivity contribution in [3.8, 4) is 17.2 Å². The number of fused-ring (bicyclic) bond motifs is 3. The van der Waals surface area contributed by atoms with Gasteiger partial charge >= 0.3 is 5.63 Å². The maximum atomic E-state index is 13.8. The predicted molar refractivity (Wildman–Crippen MR) is 131 cm³/mol. The van der Waals surface area contributed by atoms with Gasteiger partial charge in [-0.2, -0.15) is 5.10 Å². The summed E-state index contributed by atoms with van der Waals surface area (Å²) in [5.41, 5.74) is 0.190. The lowest BCUT2D eigenvalue weighted by atomic mass is 10.1. The van der Waals surface area contributed by atoms with Gasteiger partial charge < -0.3 is 14.3 Å². The Morgan fingerprint density at radius 2 is 1.85 bits per heavy atom. The summed E-state index contributed by atoms with van der Waals surface area (Å²) in [5.74, 6) is 0.178. The van der Waals surface area contributed by atoms with Crippen LogP contribution >= 0.6 is 23.4 Å². The van der Waals surface area contributed by atoms with Crippen LogP contribution in [0.4, 0.5) is 0 Å². The Kier molecular flexibility index (Phi) is 5.38. The highest BCUT2D eigenvalue weighted by Gasteiger charge is 2.26. The van der Waals surface area contributed by atoms with E-state index in [0.717, 1.165) is 11.8 Å². The Bertz CT molecular complexity index is 1700. The standard InChI is InChI=1S/C24H18ClN3O5S/c1-12-17-20-18(19(29)21(24(31)33-20)34-16-6-4-5-13(25)11-16)23(30)28(22(17)27(2)26-12)14-7-9-15(32-3)10-8-14/h4-11,29H,1-3H3. The average Bonchev–Trinajstić information content (AvgIpc) is 3.10. The van der Waals surface area contributed by atoms with E-state index >= 15 is 0 Å². The van der Waals surface area contributed by atoms with Gasteiger partial charge in [-0.05, 0) is 49.4 Å². The maximum Gasteiger partial charge on any atom is 0.354 e. The Balaban J connectivity index is 1.87. The summed E-state index contributed by atoms with van der Waals surface area (Å²) in [4.78, 5) is 27.2. The summed E-state index contributed by atoms with van der Waals surface area (Å²) in [5, 5.41) is 16.4. The first-order valence-corrected chi connectivity index (χ1v) is 11.4. The number of nitrogens with zero attached hydrogens (tertiary/aromatic N) is 3. The molecule has 0 spiro atoms. The summed E-state index contributed by atoms with van der Waals surface area (Å²) in [7, 11) is 3.25. The summed E-state index contributed by atoms with van der Waals surface area (Å²) in [6.45, 7) is 1.75. The van der Waals surface area contributed by atoms with Crippen molar-refractivity contribution in [3.63, 3.8) is 0 Å². The number of methoxy groups -OCH3 is 1. The van der Waals surface area contributed by atoms with Crippen molar-refractivity contribution in [2.24, 2.45) is 7.05 Å². The van der Waals surface area contributed by atoms with Crippen molar-refractivity contribution in [1.82, 2.24) is 14.3 Å². The number of halogens is 1. The number of aromatic nitrogens is 3. The van der Waals surface area contributed by atoms with Crippen LogP contribution in [0.3, 0.4) is 0 Å². The molecule has 3 aromatic heterocycles. The van der Waals surface area contributed by atoms with Gasteiger partial charge in [0.2, 0.25) is 0 Å². The van der Waals surface area contributed by atoms with Crippen LogP contribution in [0.1, 0.15) is 5.69 Å². The molecular formula is C24H18ClN3O5S. The molecule has 34 heavy (non-hydrogen) atoms. The van der Waals surface area contributed by atoms with Gasteiger partial charge in [0, 0.05) is 17.0 Å². The number of aromatic hydroxyl groups is 1. The summed E-state index contributed by atoms with van der Waals surface area (Å²) in [6, 6.07) is 13.7. The third-order valence-electron chi connectivity index (χ3n) is 5.45. The van der Waals surface area contributed by atoms with E-state index in [4.69, 9.17) is 20.8 Å². The number of pyridine rings is 1. The van der Waals surface area contributed by atoms with Gasteiger partial charge in [0.1, 0.15) is 21.7 Å². The maximum absolute atomic E-state index is 13.8. The molecule has 2 aromatic carbocycles. The van der Waals surface area contributed by atoms with Crippen LogP contribution in [0.5, 0.6) is 11.5 Å². The van der Waals surface area contributed by atoms with Crippen LogP contribution in [-0.4, -0.2) is 26.6 Å². The monoisotopic (exact) mass is 495 g/mol. The van der Waals surface area contributed by atoms with Crippen molar-refractivity contribution >= 4 is 45.4 Å².